The zero-order valence-electron chi connectivity index (χ0n) is 24.1. The Labute approximate surface area is 217 Å². The molecule has 6 rings (SSSR count). The molecule has 36 heavy (non-hydrogen) atoms. The minimum Gasteiger partial charge on any atom is -0.457 e. The molecule has 0 saturated heterocycles. The molecule has 0 spiro atoms. The Bertz CT molecular complexity index is 1570. The van der Waals surface area contributed by atoms with Crippen LogP contribution in [0.25, 0.3) is 16.8 Å². The highest BCUT2D eigenvalue weighted by Crippen LogP contribution is 2.52. The summed E-state index contributed by atoms with van der Waals surface area (Å²) in [5, 5.41) is 4.87. The van der Waals surface area contributed by atoms with Gasteiger partial charge in [0.25, 0.3) is 0 Å². The largest absolute Gasteiger partial charge is 0.457 e. The number of benzene rings is 3. The third-order valence-electron chi connectivity index (χ3n) is 8.00. The zero-order valence-corrected chi connectivity index (χ0v) is 21.1. The van der Waals surface area contributed by atoms with Crippen molar-refractivity contribution in [3.8, 4) is 28.3 Å². The zero-order chi connectivity index (χ0) is 27.6. The fourth-order valence-electron chi connectivity index (χ4n) is 5.32. The maximum Gasteiger partial charge on any atom is 0.129 e. The van der Waals surface area contributed by atoms with Crippen LogP contribution >= 0.6 is 0 Å². The van der Waals surface area contributed by atoms with Crippen molar-refractivity contribution in [1.29, 1.82) is 0 Å². The molecule has 0 amide bonds. The van der Waals surface area contributed by atoms with E-state index in [2.05, 4.69) is 68.8 Å². The summed E-state index contributed by atoms with van der Waals surface area (Å²) < 4.78 is 31.4. The molecule has 3 aromatic carbocycles. The summed E-state index contributed by atoms with van der Waals surface area (Å²) in [5.41, 5.74) is 6.24. The van der Waals surface area contributed by atoms with Gasteiger partial charge in [-0.3, -0.25) is 0 Å². The van der Waals surface area contributed by atoms with Crippen LogP contribution in [-0.4, -0.2) is 28.3 Å². The van der Waals surface area contributed by atoms with Crippen LogP contribution < -0.4 is 9.64 Å². The first kappa shape index (κ1) is 19.2. The van der Waals surface area contributed by atoms with Crippen molar-refractivity contribution < 1.29 is 8.85 Å². The summed E-state index contributed by atoms with van der Waals surface area (Å²) in [6, 6.07) is 24.4. The Morgan fingerprint density at radius 1 is 0.861 bits per heavy atom. The topological polar surface area (TPSA) is 33.5 Å². The minimum absolute atomic E-state index is 0.156. The molecular weight excluding hydrogens is 444 g/mol. The molecule has 0 aliphatic carbocycles. The average Bonchev–Trinajstić information content (AvgIpc) is 3.57. The minimum atomic E-state index is -2.17. The highest BCUT2D eigenvalue weighted by molar-refractivity contribution is 5.71. The summed E-state index contributed by atoms with van der Waals surface area (Å²) in [6.07, 6.45) is 5.34. The maximum absolute atomic E-state index is 7.65. The second kappa shape index (κ2) is 8.02. The number of nitrogens with zero attached hydrogens (tertiary/aromatic N) is 4. The van der Waals surface area contributed by atoms with Crippen molar-refractivity contribution in [2.75, 3.05) is 18.5 Å². The summed E-state index contributed by atoms with van der Waals surface area (Å²) >= 11 is 0. The third kappa shape index (κ3) is 3.41. The Morgan fingerprint density at radius 2 is 1.67 bits per heavy atom. The van der Waals surface area contributed by atoms with Crippen LogP contribution in [0.3, 0.4) is 0 Å². The normalized spacial score (nSPS) is 18.7. The Hall–Kier alpha value is -3.99. The van der Waals surface area contributed by atoms with Gasteiger partial charge in [-0.2, -0.15) is 5.10 Å². The maximum atomic E-state index is 7.65. The summed E-state index contributed by atoms with van der Waals surface area (Å²) in [4.78, 5) is 3.22. The Balaban J connectivity index is 1.35. The van der Waals surface area contributed by atoms with Crippen LogP contribution in [0.5, 0.6) is 11.5 Å². The van der Waals surface area contributed by atoms with Crippen molar-refractivity contribution in [3.63, 3.8) is 0 Å². The molecule has 0 atom stereocenters. The van der Waals surface area contributed by atoms with E-state index in [4.69, 9.17) is 13.9 Å². The predicted molar refractivity (Wildman–Crippen MR) is 146 cm³/mol. The van der Waals surface area contributed by atoms with E-state index in [1.54, 1.807) is 12.4 Å². The van der Waals surface area contributed by atoms with Gasteiger partial charge in [0.15, 0.2) is 0 Å². The van der Waals surface area contributed by atoms with E-state index in [-0.39, 0.29) is 17.5 Å². The number of fused-ring (bicyclic) bond motifs is 3. The van der Waals surface area contributed by atoms with Crippen LogP contribution in [0.1, 0.15) is 43.1 Å². The van der Waals surface area contributed by atoms with E-state index in [1.165, 1.54) is 16.2 Å². The molecule has 4 aromatic rings. The highest BCUT2D eigenvalue weighted by atomic mass is 16.5. The first-order chi connectivity index (χ1) is 18.5. The van der Waals surface area contributed by atoms with Crippen molar-refractivity contribution >= 4 is 5.69 Å². The van der Waals surface area contributed by atoms with Gasteiger partial charge in [-0.25, -0.2) is 4.68 Å². The predicted octanol–water partition coefficient (Wildman–Crippen LogP) is 7.08. The fourth-order valence-corrected chi connectivity index (χ4v) is 5.32. The fraction of sp³-hybridized carbons (Fsp3) is 0.258. The first-order valence-corrected chi connectivity index (χ1v) is 12.3. The van der Waals surface area contributed by atoms with Crippen molar-refractivity contribution in [1.82, 2.24) is 14.7 Å². The van der Waals surface area contributed by atoms with Crippen LogP contribution in [0, 0.1) is 0 Å². The van der Waals surface area contributed by atoms with E-state index in [0.717, 1.165) is 22.5 Å². The van der Waals surface area contributed by atoms with Gasteiger partial charge in [0, 0.05) is 57.7 Å². The lowest BCUT2D eigenvalue weighted by Gasteiger charge is -2.47. The van der Waals surface area contributed by atoms with E-state index >= 15 is 0 Å². The number of anilines is 1. The highest BCUT2D eigenvalue weighted by Gasteiger charge is 2.48. The first-order valence-electron chi connectivity index (χ1n) is 13.8. The van der Waals surface area contributed by atoms with Gasteiger partial charge < -0.3 is 14.5 Å². The second-order valence-corrected chi connectivity index (χ2v) is 10.6. The van der Waals surface area contributed by atoms with Crippen LogP contribution in [0.15, 0.2) is 91.4 Å². The van der Waals surface area contributed by atoms with Crippen molar-refractivity contribution in [3.05, 3.63) is 103 Å². The average molecular weight is 480 g/mol. The van der Waals surface area contributed by atoms with Gasteiger partial charge in [0.1, 0.15) is 11.5 Å². The summed E-state index contributed by atoms with van der Waals surface area (Å²) in [6.45, 7) is 7.28. The van der Waals surface area contributed by atoms with Gasteiger partial charge >= 0.3 is 0 Å². The summed E-state index contributed by atoms with van der Waals surface area (Å²) in [7, 11) is 0. The van der Waals surface area contributed by atoms with E-state index in [0.29, 0.717) is 11.5 Å². The quantitative estimate of drug-likeness (QED) is 0.313. The molecule has 5 nitrogen and oxygen atoms in total. The van der Waals surface area contributed by atoms with Gasteiger partial charge in [-0.1, -0.05) is 70.2 Å². The van der Waals surface area contributed by atoms with Crippen molar-refractivity contribution in [2.24, 2.45) is 0 Å². The molecule has 2 aliphatic heterocycles. The molecule has 0 N–H and O–H groups in total. The molecule has 3 heterocycles. The number of ether oxygens (including phenoxy) is 1. The number of hydrogen-bond donors (Lipinski definition) is 0. The summed E-state index contributed by atoms with van der Waals surface area (Å²) in [5.74, 6) is 1.39. The van der Waals surface area contributed by atoms with Crippen LogP contribution in [0.2, 0.25) is 0 Å². The van der Waals surface area contributed by atoms with Gasteiger partial charge in [0.2, 0.25) is 0 Å². The lowest BCUT2D eigenvalue weighted by molar-refractivity contribution is 0.275. The SMILES string of the molecule is [2H]C([2H])([2H])N1C=CN(c2cccc(Oc3ccc4c(c3)-n3ncc(-c5ccccc5)c3C(C)(C)C4(C)C)c2)C1. The number of rotatable bonds is 4. The second-order valence-electron chi connectivity index (χ2n) is 10.6. The van der Waals surface area contributed by atoms with Crippen molar-refractivity contribution in [2.45, 2.75) is 38.5 Å². The van der Waals surface area contributed by atoms with Crippen LogP contribution in [-0.2, 0) is 10.8 Å². The molecule has 1 aromatic heterocycles. The van der Waals surface area contributed by atoms with E-state index < -0.39 is 6.98 Å². The molecule has 182 valence electrons. The standard InChI is InChI=1S/C31H32N4O/c1-30(2)27-15-14-25(36-24-13-9-12-23(18-24)34-17-16-33(5)21-34)19-28(27)35-29(31(30,3)4)26(20-32-35)22-10-7-6-8-11-22/h6-20H,21H2,1-5H3/i5D3. The molecular formula is C31H32N4O. The molecule has 0 radical (unpaired) electrons. The number of hydrogen-bond acceptors (Lipinski definition) is 4. The number of aromatic nitrogens is 2. The molecule has 0 fully saturated rings. The molecule has 5 heteroatoms. The lowest BCUT2D eigenvalue weighted by atomic mass is 9.59. The molecule has 0 unspecified atom stereocenters. The Kier molecular flexibility index (Phi) is 4.28. The Morgan fingerprint density at radius 3 is 2.44 bits per heavy atom. The monoisotopic (exact) mass is 479 g/mol. The van der Waals surface area contributed by atoms with Gasteiger partial charge in [-0.15, -0.1) is 0 Å². The van der Waals surface area contributed by atoms with Gasteiger partial charge in [-0.05, 0) is 29.3 Å². The molecule has 0 bridgehead atoms. The van der Waals surface area contributed by atoms with E-state index in [9.17, 15) is 0 Å². The smallest absolute Gasteiger partial charge is 0.129 e. The molecule has 2 aliphatic rings. The lowest BCUT2D eigenvalue weighted by Crippen LogP contribution is -2.46. The molecule has 0 saturated carbocycles. The third-order valence-corrected chi connectivity index (χ3v) is 8.00. The van der Waals surface area contributed by atoms with Gasteiger partial charge in [0.05, 0.1) is 24.2 Å². The van der Waals surface area contributed by atoms with Crippen LogP contribution in [0.4, 0.5) is 5.69 Å². The van der Waals surface area contributed by atoms with E-state index in [1.807, 2.05) is 47.5 Å².